The van der Waals surface area contributed by atoms with Gasteiger partial charge >= 0.3 is 12.4 Å². The van der Waals surface area contributed by atoms with Crippen LogP contribution >= 0.6 is 0 Å². The Hall–Kier alpha value is -3.76. The number of hydrogen-bond acceptors (Lipinski definition) is 5. The summed E-state index contributed by atoms with van der Waals surface area (Å²) in [6.45, 7) is 1.01. The molecule has 0 aliphatic carbocycles. The Morgan fingerprint density at radius 2 is 1.78 bits per heavy atom. The number of ether oxygens (including phenoxy) is 2. The molecule has 11 heteroatoms. The number of urea groups is 1. The zero-order valence-corrected chi connectivity index (χ0v) is 17.2. The van der Waals surface area contributed by atoms with E-state index in [-0.39, 0.29) is 12.1 Å². The molecular weight excluding hydrogens is 431 g/mol. The molecule has 1 aliphatic rings. The number of halogens is 3. The minimum Gasteiger partial charge on any atom is -0.496 e. The highest BCUT2D eigenvalue weighted by Crippen LogP contribution is 2.31. The second kappa shape index (κ2) is 8.77. The van der Waals surface area contributed by atoms with E-state index < -0.39 is 42.0 Å². The van der Waals surface area contributed by atoms with Crippen LogP contribution in [-0.4, -0.2) is 42.8 Å². The van der Waals surface area contributed by atoms with Gasteiger partial charge in [0.15, 0.2) is 0 Å². The topological polar surface area (TPSA) is 97.0 Å². The number of nitrogens with one attached hydrogen (secondary N) is 2. The SMILES string of the molecule is COc1ccccc1CNC(=O)CN1C(=O)NC(C)(c2ccc(OC(F)(F)F)cc2)C1=O. The van der Waals surface area contributed by atoms with Crippen LogP contribution in [0.1, 0.15) is 18.1 Å². The van der Waals surface area contributed by atoms with Crippen LogP contribution in [0.25, 0.3) is 0 Å². The van der Waals surface area contributed by atoms with Crippen molar-refractivity contribution in [3.8, 4) is 11.5 Å². The Labute approximate surface area is 181 Å². The minimum absolute atomic E-state index is 0.129. The minimum atomic E-state index is -4.85. The number of rotatable bonds is 7. The molecule has 0 bridgehead atoms. The quantitative estimate of drug-likeness (QED) is 0.631. The third-order valence-corrected chi connectivity index (χ3v) is 4.91. The van der Waals surface area contributed by atoms with Crippen molar-refractivity contribution in [2.45, 2.75) is 25.4 Å². The van der Waals surface area contributed by atoms with E-state index in [1.54, 1.807) is 24.3 Å². The van der Waals surface area contributed by atoms with Gasteiger partial charge in [0.25, 0.3) is 5.91 Å². The number of para-hydroxylation sites is 1. The molecule has 1 heterocycles. The van der Waals surface area contributed by atoms with Crippen molar-refractivity contribution in [2.75, 3.05) is 13.7 Å². The number of imide groups is 1. The molecule has 170 valence electrons. The molecule has 0 radical (unpaired) electrons. The van der Waals surface area contributed by atoms with Crippen LogP contribution in [-0.2, 0) is 21.7 Å². The summed E-state index contributed by atoms with van der Waals surface area (Å²) in [6, 6.07) is 10.8. The van der Waals surface area contributed by atoms with Gasteiger partial charge in [-0.25, -0.2) is 4.79 Å². The fourth-order valence-electron chi connectivity index (χ4n) is 3.27. The fourth-order valence-corrected chi connectivity index (χ4v) is 3.27. The van der Waals surface area contributed by atoms with Gasteiger partial charge in [-0.05, 0) is 30.7 Å². The fraction of sp³-hybridized carbons (Fsp3) is 0.286. The summed E-state index contributed by atoms with van der Waals surface area (Å²) in [5.41, 5.74) is -0.592. The molecule has 0 saturated carbocycles. The number of carbonyl (C=O) groups excluding carboxylic acids is 3. The Kier molecular flexibility index (Phi) is 6.28. The predicted molar refractivity (Wildman–Crippen MR) is 106 cm³/mol. The zero-order chi connectivity index (χ0) is 23.5. The van der Waals surface area contributed by atoms with Crippen LogP contribution in [0, 0.1) is 0 Å². The van der Waals surface area contributed by atoms with Gasteiger partial charge in [-0.3, -0.25) is 14.5 Å². The third kappa shape index (κ3) is 4.93. The molecule has 4 amide bonds. The smallest absolute Gasteiger partial charge is 0.496 e. The van der Waals surface area contributed by atoms with E-state index in [4.69, 9.17) is 4.74 Å². The first-order chi connectivity index (χ1) is 15.0. The number of hydrogen-bond donors (Lipinski definition) is 2. The molecule has 32 heavy (non-hydrogen) atoms. The lowest BCUT2D eigenvalue weighted by Gasteiger charge is -2.22. The largest absolute Gasteiger partial charge is 0.573 e. The number of benzene rings is 2. The number of methoxy groups -OCH3 is 1. The lowest BCUT2D eigenvalue weighted by Crippen LogP contribution is -2.43. The molecule has 8 nitrogen and oxygen atoms in total. The number of amides is 4. The normalized spacial score (nSPS) is 18.3. The summed E-state index contributed by atoms with van der Waals surface area (Å²) >= 11 is 0. The van der Waals surface area contributed by atoms with Crippen LogP contribution in [0.15, 0.2) is 48.5 Å². The summed E-state index contributed by atoms with van der Waals surface area (Å²) < 4.78 is 46.0. The first-order valence-electron chi connectivity index (χ1n) is 9.42. The Morgan fingerprint density at radius 3 is 2.41 bits per heavy atom. The molecule has 1 unspecified atom stereocenters. The van der Waals surface area contributed by atoms with Gasteiger partial charge in [-0.15, -0.1) is 13.2 Å². The zero-order valence-electron chi connectivity index (χ0n) is 17.2. The van der Waals surface area contributed by atoms with Crippen LogP contribution in [0.5, 0.6) is 11.5 Å². The summed E-state index contributed by atoms with van der Waals surface area (Å²) in [5.74, 6) is -1.17. The maximum Gasteiger partial charge on any atom is 0.573 e. The molecule has 2 aromatic carbocycles. The lowest BCUT2D eigenvalue weighted by molar-refractivity contribution is -0.274. The molecule has 3 rings (SSSR count). The van der Waals surface area contributed by atoms with Gasteiger partial charge in [0.05, 0.1) is 7.11 Å². The highest BCUT2D eigenvalue weighted by molar-refractivity contribution is 6.09. The molecule has 1 saturated heterocycles. The molecule has 2 N–H and O–H groups in total. The Bertz CT molecular complexity index is 1030. The number of nitrogens with zero attached hydrogens (tertiary/aromatic N) is 1. The maximum atomic E-state index is 12.9. The first kappa shape index (κ1) is 22.9. The van der Waals surface area contributed by atoms with E-state index in [1.165, 1.54) is 26.2 Å². The average molecular weight is 451 g/mol. The molecule has 1 fully saturated rings. The van der Waals surface area contributed by atoms with Crippen molar-refractivity contribution in [3.63, 3.8) is 0 Å². The monoisotopic (exact) mass is 451 g/mol. The standard InChI is InChI=1S/C21H20F3N3O5/c1-20(14-7-9-15(10-8-14)32-21(22,23)24)18(29)27(19(30)26-20)12-17(28)25-11-13-5-3-4-6-16(13)31-2/h3-10H,11-12H2,1-2H3,(H,25,28)(H,26,30). The summed E-state index contributed by atoms with van der Waals surface area (Å²) in [4.78, 5) is 38.3. The summed E-state index contributed by atoms with van der Waals surface area (Å²) in [7, 11) is 1.50. The van der Waals surface area contributed by atoms with Gasteiger partial charge in [0.2, 0.25) is 5.91 Å². The van der Waals surface area contributed by atoms with E-state index in [9.17, 15) is 27.6 Å². The van der Waals surface area contributed by atoms with E-state index in [0.717, 1.165) is 17.0 Å². The van der Waals surface area contributed by atoms with Crippen molar-refractivity contribution in [2.24, 2.45) is 0 Å². The summed E-state index contributed by atoms with van der Waals surface area (Å²) in [6.07, 6.45) is -4.85. The van der Waals surface area contributed by atoms with Crippen molar-refractivity contribution in [3.05, 3.63) is 59.7 Å². The maximum absolute atomic E-state index is 12.9. The Balaban J connectivity index is 1.66. The van der Waals surface area contributed by atoms with Crippen molar-refractivity contribution < 1.29 is 37.0 Å². The van der Waals surface area contributed by atoms with Crippen molar-refractivity contribution in [1.82, 2.24) is 15.5 Å². The molecular formula is C21H20F3N3O5. The van der Waals surface area contributed by atoms with Gasteiger partial charge in [0.1, 0.15) is 23.6 Å². The van der Waals surface area contributed by atoms with Crippen molar-refractivity contribution >= 4 is 17.8 Å². The number of alkyl halides is 3. The third-order valence-electron chi connectivity index (χ3n) is 4.91. The second-order valence-corrected chi connectivity index (χ2v) is 7.11. The molecule has 0 spiro atoms. The molecule has 0 aromatic heterocycles. The van der Waals surface area contributed by atoms with Crippen LogP contribution in [0.4, 0.5) is 18.0 Å². The van der Waals surface area contributed by atoms with Gasteiger partial charge < -0.3 is 20.1 Å². The van der Waals surface area contributed by atoms with Gasteiger partial charge in [0, 0.05) is 12.1 Å². The molecule has 2 aromatic rings. The predicted octanol–water partition coefficient (Wildman–Crippen LogP) is 2.68. The van der Waals surface area contributed by atoms with E-state index in [1.807, 2.05) is 0 Å². The van der Waals surface area contributed by atoms with Crippen LogP contribution in [0.2, 0.25) is 0 Å². The van der Waals surface area contributed by atoms with Crippen molar-refractivity contribution in [1.29, 1.82) is 0 Å². The molecule has 1 atom stereocenters. The van der Waals surface area contributed by atoms with Crippen LogP contribution < -0.4 is 20.1 Å². The lowest BCUT2D eigenvalue weighted by atomic mass is 9.92. The summed E-state index contributed by atoms with van der Waals surface area (Å²) in [5, 5.41) is 5.11. The second-order valence-electron chi connectivity index (χ2n) is 7.11. The molecule has 1 aliphatic heterocycles. The van der Waals surface area contributed by atoms with E-state index in [0.29, 0.717) is 11.3 Å². The highest BCUT2D eigenvalue weighted by Gasteiger charge is 2.49. The Morgan fingerprint density at radius 1 is 1.12 bits per heavy atom. The van der Waals surface area contributed by atoms with Gasteiger partial charge in [-0.2, -0.15) is 0 Å². The van der Waals surface area contributed by atoms with E-state index in [2.05, 4.69) is 15.4 Å². The van der Waals surface area contributed by atoms with Gasteiger partial charge in [-0.1, -0.05) is 30.3 Å². The number of carbonyl (C=O) groups is 3. The van der Waals surface area contributed by atoms with Crippen LogP contribution in [0.3, 0.4) is 0 Å². The van der Waals surface area contributed by atoms with E-state index >= 15 is 0 Å². The highest BCUT2D eigenvalue weighted by atomic mass is 19.4. The average Bonchev–Trinajstić information content (AvgIpc) is 2.95. The first-order valence-corrected chi connectivity index (χ1v) is 9.42.